The molecule has 0 saturated carbocycles. The van der Waals surface area contributed by atoms with E-state index >= 15 is 0 Å². The Bertz CT molecular complexity index is 285. The first-order chi connectivity index (χ1) is 12.2. The average molecular weight is 373 g/mol. The summed E-state index contributed by atoms with van der Waals surface area (Å²) in [5.74, 6) is 0. The Hall–Kier alpha value is -0.120. The molecule has 0 spiro atoms. The molecule has 0 saturated heterocycles. The zero-order valence-electron chi connectivity index (χ0n) is 19.2. The number of aliphatic hydroxyl groups is 1. The molecule has 0 aliphatic heterocycles. The number of quaternary nitrogens is 2. The maximum Gasteiger partial charge on any atom is 0.152 e. The largest absolute Gasteiger partial charge is 0.382 e. The van der Waals surface area contributed by atoms with Gasteiger partial charge in [0.05, 0.1) is 41.3 Å². The molecule has 0 aliphatic carbocycles. The minimum absolute atomic E-state index is 0.194. The minimum Gasteiger partial charge on any atom is -0.382 e. The van der Waals surface area contributed by atoms with Crippen LogP contribution in [0.2, 0.25) is 0 Å². The molecule has 1 N–H and O–H groups in total. The lowest BCUT2D eigenvalue weighted by Gasteiger charge is -2.36. The van der Waals surface area contributed by atoms with Gasteiger partial charge in [0.25, 0.3) is 0 Å². The van der Waals surface area contributed by atoms with Crippen molar-refractivity contribution < 1.29 is 14.1 Å². The van der Waals surface area contributed by atoms with Gasteiger partial charge in [0.1, 0.15) is 13.1 Å². The van der Waals surface area contributed by atoms with Crippen LogP contribution < -0.4 is 0 Å². The SMILES string of the molecule is CCCCCCCC[N+](C)(C)CC(O)C[N+](C)(C)CCCCCCCC. The second-order valence-electron chi connectivity index (χ2n) is 9.87. The Morgan fingerprint density at radius 2 is 0.846 bits per heavy atom. The summed E-state index contributed by atoms with van der Waals surface area (Å²) in [4.78, 5) is 0. The predicted molar refractivity (Wildman–Crippen MR) is 116 cm³/mol. The molecular formula is C23H52N2O+2. The van der Waals surface area contributed by atoms with E-state index in [2.05, 4.69) is 42.0 Å². The summed E-state index contributed by atoms with van der Waals surface area (Å²) >= 11 is 0. The predicted octanol–water partition coefficient (Wildman–Crippen LogP) is 5.22. The Morgan fingerprint density at radius 1 is 0.538 bits per heavy atom. The molecular weight excluding hydrogens is 320 g/mol. The third-order valence-corrected chi connectivity index (χ3v) is 5.64. The van der Waals surface area contributed by atoms with Crippen LogP contribution in [-0.4, -0.2) is 74.5 Å². The first-order valence-corrected chi connectivity index (χ1v) is 11.5. The van der Waals surface area contributed by atoms with Gasteiger partial charge in [0.2, 0.25) is 0 Å². The first kappa shape index (κ1) is 25.9. The van der Waals surface area contributed by atoms with E-state index in [1.165, 1.54) is 90.1 Å². The van der Waals surface area contributed by atoms with Gasteiger partial charge in [-0.05, 0) is 25.7 Å². The Balaban J connectivity index is 3.94. The van der Waals surface area contributed by atoms with Crippen molar-refractivity contribution in [3.8, 4) is 0 Å². The number of hydrogen-bond donors (Lipinski definition) is 1. The van der Waals surface area contributed by atoms with E-state index in [-0.39, 0.29) is 6.10 Å². The number of unbranched alkanes of at least 4 members (excludes halogenated alkanes) is 10. The molecule has 0 fully saturated rings. The summed E-state index contributed by atoms with van der Waals surface area (Å²) in [6, 6.07) is 0. The Morgan fingerprint density at radius 3 is 1.19 bits per heavy atom. The molecule has 0 rings (SSSR count). The van der Waals surface area contributed by atoms with Crippen LogP contribution in [0.1, 0.15) is 90.9 Å². The van der Waals surface area contributed by atoms with Crippen LogP contribution in [0.25, 0.3) is 0 Å². The highest BCUT2D eigenvalue weighted by molar-refractivity contribution is 4.55. The van der Waals surface area contributed by atoms with Gasteiger partial charge in [0.15, 0.2) is 6.10 Å². The van der Waals surface area contributed by atoms with Gasteiger partial charge in [-0.1, -0.05) is 65.2 Å². The van der Waals surface area contributed by atoms with Crippen molar-refractivity contribution >= 4 is 0 Å². The second-order valence-corrected chi connectivity index (χ2v) is 9.87. The number of likely N-dealkylation sites (N-methyl/N-ethyl adjacent to an activating group) is 2. The fraction of sp³-hybridized carbons (Fsp3) is 1.00. The van der Waals surface area contributed by atoms with Crippen LogP contribution in [0.5, 0.6) is 0 Å². The lowest BCUT2D eigenvalue weighted by Crippen LogP contribution is -2.53. The Kier molecular flexibility index (Phi) is 14.8. The molecule has 0 aromatic rings. The molecule has 0 unspecified atom stereocenters. The topological polar surface area (TPSA) is 20.2 Å². The minimum atomic E-state index is -0.194. The van der Waals surface area contributed by atoms with Crippen molar-refractivity contribution in [2.24, 2.45) is 0 Å². The number of rotatable bonds is 18. The molecule has 26 heavy (non-hydrogen) atoms. The normalized spacial score (nSPS) is 12.9. The number of nitrogens with zero attached hydrogens (tertiary/aromatic N) is 2. The van der Waals surface area contributed by atoms with Gasteiger partial charge >= 0.3 is 0 Å². The van der Waals surface area contributed by atoms with Crippen molar-refractivity contribution in [2.45, 2.75) is 97.0 Å². The van der Waals surface area contributed by atoms with Crippen LogP contribution in [0.15, 0.2) is 0 Å². The van der Waals surface area contributed by atoms with Crippen LogP contribution in [0.3, 0.4) is 0 Å². The highest BCUT2D eigenvalue weighted by Gasteiger charge is 2.26. The molecule has 0 atom stereocenters. The molecule has 0 heterocycles. The fourth-order valence-electron chi connectivity index (χ4n) is 4.02. The summed E-state index contributed by atoms with van der Waals surface area (Å²) < 4.78 is 1.90. The molecule has 0 aromatic carbocycles. The van der Waals surface area contributed by atoms with E-state index in [9.17, 15) is 5.11 Å². The van der Waals surface area contributed by atoms with Crippen molar-refractivity contribution in [1.82, 2.24) is 0 Å². The summed E-state index contributed by atoms with van der Waals surface area (Å²) in [5, 5.41) is 10.6. The zero-order valence-corrected chi connectivity index (χ0v) is 19.2. The summed E-state index contributed by atoms with van der Waals surface area (Å²) in [5.41, 5.74) is 0. The van der Waals surface area contributed by atoms with Crippen molar-refractivity contribution in [1.29, 1.82) is 0 Å². The smallest absolute Gasteiger partial charge is 0.152 e. The highest BCUT2D eigenvalue weighted by atomic mass is 16.3. The molecule has 0 aliphatic rings. The number of aliphatic hydroxyl groups excluding tert-OH is 1. The standard InChI is InChI=1S/C23H52N2O/c1-7-9-11-13-15-17-19-24(3,4)21-23(26)22-25(5,6)20-18-16-14-12-10-8-2/h23,26H,7-22H2,1-6H3/q+2. The highest BCUT2D eigenvalue weighted by Crippen LogP contribution is 2.12. The van der Waals surface area contributed by atoms with E-state index in [1.54, 1.807) is 0 Å². The van der Waals surface area contributed by atoms with Gasteiger partial charge in [-0.15, -0.1) is 0 Å². The lowest BCUT2D eigenvalue weighted by atomic mass is 10.1. The third-order valence-electron chi connectivity index (χ3n) is 5.64. The molecule has 0 amide bonds. The van der Waals surface area contributed by atoms with Gasteiger partial charge in [-0.25, -0.2) is 0 Å². The van der Waals surface area contributed by atoms with Crippen LogP contribution in [0.4, 0.5) is 0 Å². The summed E-state index contributed by atoms with van der Waals surface area (Å²) in [6.07, 6.45) is 16.0. The van der Waals surface area contributed by atoms with Crippen molar-refractivity contribution in [3.63, 3.8) is 0 Å². The number of hydrogen-bond acceptors (Lipinski definition) is 1. The maximum absolute atomic E-state index is 10.6. The maximum atomic E-state index is 10.6. The van der Waals surface area contributed by atoms with Gasteiger partial charge < -0.3 is 14.1 Å². The molecule has 0 aromatic heterocycles. The Labute approximate surface area is 166 Å². The van der Waals surface area contributed by atoms with E-state index in [0.717, 1.165) is 22.1 Å². The molecule has 158 valence electrons. The van der Waals surface area contributed by atoms with Crippen LogP contribution in [0, 0.1) is 0 Å². The van der Waals surface area contributed by atoms with E-state index in [4.69, 9.17) is 0 Å². The van der Waals surface area contributed by atoms with Crippen molar-refractivity contribution in [3.05, 3.63) is 0 Å². The first-order valence-electron chi connectivity index (χ1n) is 11.5. The van der Waals surface area contributed by atoms with Crippen molar-refractivity contribution in [2.75, 3.05) is 54.4 Å². The lowest BCUT2D eigenvalue weighted by molar-refractivity contribution is -0.914. The monoisotopic (exact) mass is 372 g/mol. The van der Waals surface area contributed by atoms with E-state index < -0.39 is 0 Å². The summed E-state index contributed by atoms with van der Waals surface area (Å²) in [7, 11) is 9.12. The van der Waals surface area contributed by atoms with Crippen LogP contribution >= 0.6 is 0 Å². The van der Waals surface area contributed by atoms with Crippen LogP contribution in [-0.2, 0) is 0 Å². The fourth-order valence-corrected chi connectivity index (χ4v) is 4.02. The summed E-state index contributed by atoms with van der Waals surface area (Å²) in [6.45, 7) is 8.68. The molecule has 3 heteroatoms. The van der Waals surface area contributed by atoms with Gasteiger partial charge in [-0.2, -0.15) is 0 Å². The zero-order chi connectivity index (χ0) is 19.9. The quantitative estimate of drug-likeness (QED) is 0.258. The molecule has 3 nitrogen and oxygen atoms in total. The van der Waals surface area contributed by atoms with E-state index in [1.807, 2.05) is 0 Å². The average Bonchev–Trinajstić information content (AvgIpc) is 2.52. The van der Waals surface area contributed by atoms with E-state index in [0.29, 0.717) is 0 Å². The third kappa shape index (κ3) is 16.1. The van der Waals surface area contributed by atoms with Gasteiger partial charge in [-0.3, -0.25) is 0 Å². The molecule has 0 radical (unpaired) electrons. The molecule has 0 bridgehead atoms. The van der Waals surface area contributed by atoms with Gasteiger partial charge in [0, 0.05) is 0 Å². The second kappa shape index (κ2) is 14.9.